The van der Waals surface area contributed by atoms with Crippen molar-refractivity contribution in [2.24, 2.45) is 5.92 Å². The van der Waals surface area contributed by atoms with Crippen molar-refractivity contribution >= 4 is 28.7 Å². The van der Waals surface area contributed by atoms with E-state index in [0.29, 0.717) is 0 Å². The van der Waals surface area contributed by atoms with Gasteiger partial charge in [0.15, 0.2) is 0 Å². The summed E-state index contributed by atoms with van der Waals surface area (Å²) in [4.78, 5) is 10.9. The van der Waals surface area contributed by atoms with Gasteiger partial charge in [-0.05, 0) is 30.4 Å². The quantitative estimate of drug-likeness (QED) is 0.736. The van der Waals surface area contributed by atoms with E-state index < -0.39 is 0 Å². The van der Waals surface area contributed by atoms with Crippen LogP contribution in [0.4, 0.5) is 0 Å². The molecule has 0 saturated carbocycles. The molecule has 0 radical (unpaired) electrons. The van der Waals surface area contributed by atoms with Crippen LogP contribution < -0.4 is 0 Å². The second-order valence-corrected chi connectivity index (χ2v) is 4.52. The lowest BCUT2D eigenvalue weighted by molar-refractivity contribution is -0.120. The standard InChI is InChI=1S/C9H11ClOS/c1-6(7(2)11)3-8-4-9(10)12-5-8/h4-6H,3H2,1-2H3. The van der Waals surface area contributed by atoms with E-state index >= 15 is 0 Å². The molecule has 1 aromatic heterocycles. The van der Waals surface area contributed by atoms with E-state index in [-0.39, 0.29) is 11.7 Å². The third-order valence-electron chi connectivity index (χ3n) is 1.86. The summed E-state index contributed by atoms with van der Waals surface area (Å²) >= 11 is 7.27. The van der Waals surface area contributed by atoms with Crippen LogP contribution in [0.25, 0.3) is 0 Å². The number of hydrogen-bond acceptors (Lipinski definition) is 2. The molecule has 1 unspecified atom stereocenters. The fraction of sp³-hybridized carbons (Fsp3) is 0.444. The smallest absolute Gasteiger partial charge is 0.132 e. The Balaban J connectivity index is 2.58. The molecule has 66 valence electrons. The highest BCUT2D eigenvalue weighted by Gasteiger charge is 2.09. The highest BCUT2D eigenvalue weighted by atomic mass is 35.5. The summed E-state index contributed by atoms with van der Waals surface area (Å²) in [5.74, 6) is 0.341. The Hall–Kier alpha value is -0.340. The van der Waals surface area contributed by atoms with E-state index in [4.69, 9.17) is 11.6 Å². The van der Waals surface area contributed by atoms with Crippen LogP contribution in [-0.4, -0.2) is 5.78 Å². The van der Waals surface area contributed by atoms with Crippen LogP contribution in [-0.2, 0) is 11.2 Å². The Kier molecular flexibility index (Phi) is 3.29. The van der Waals surface area contributed by atoms with Crippen molar-refractivity contribution < 1.29 is 4.79 Å². The Morgan fingerprint density at radius 3 is 2.83 bits per heavy atom. The summed E-state index contributed by atoms with van der Waals surface area (Å²) in [5, 5.41) is 2.00. The molecule has 1 rings (SSSR count). The predicted octanol–water partition coefficient (Wildman–Crippen LogP) is 3.17. The molecule has 0 fully saturated rings. The molecule has 0 amide bonds. The fourth-order valence-electron chi connectivity index (χ4n) is 0.950. The van der Waals surface area contributed by atoms with Crippen molar-refractivity contribution in [1.82, 2.24) is 0 Å². The minimum Gasteiger partial charge on any atom is -0.300 e. The van der Waals surface area contributed by atoms with E-state index in [9.17, 15) is 4.79 Å². The molecule has 0 aliphatic rings. The lowest BCUT2D eigenvalue weighted by Crippen LogP contribution is -2.08. The minimum atomic E-state index is 0.107. The predicted molar refractivity (Wildman–Crippen MR) is 52.9 cm³/mol. The van der Waals surface area contributed by atoms with Gasteiger partial charge < -0.3 is 0 Å². The second kappa shape index (κ2) is 4.06. The molecule has 1 atom stereocenters. The fourth-order valence-corrected chi connectivity index (χ4v) is 1.87. The van der Waals surface area contributed by atoms with Crippen LogP contribution in [0.3, 0.4) is 0 Å². The Labute approximate surface area is 81.4 Å². The first-order valence-electron chi connectivity index (χ1n) is 3.83. The molecular weight excluding hydrogens is 192 g/mol. The number of ketones is 1. The van der Waals surface area contributed by atoms with E-state index in [1.807, 2.05) is 18.4 Å². The molecule has 1 nitrogen and oxygen atoms in total. The summed E-state index contributed by atoms with van der Waals surface area (Å²) < 4.78 is 0.792. The zero-order valence-corrected chi connectivity index (χ0v) is 8.71. The van der Waals surface area contributed by atoms with Crippen LogP contribution >= 0.6 is 22.9 Å². The number of Topliss-reactive ketones (excluding diaryl/α,β-unsaturated/α-hetero) is 1. The molecule has 12 heavy (non-hydrogen) atoms. The lowest BCUT2D eigenvalue weighted by Gasteiger charge is -2.03. The largest absolute Gasteiger partial charge is 0.300 e. The van der Waals surface area contributed by atoms with Gasteiger partial charge in [-0.2, -0.15) is 0 Å². The van der Waals surface area contributed by atoms with Crippen molar-refractivity contribution in [1.29, 1.82) is 0 Å². The average Bonchev–Trinajstić information content (AvgIpc) is 2.35. The second-order valence-electron chi connectivity index (χ2n) is 2.97. The van der Waals surface area contributed by atoms with Gasteiger partial charge in [-0.3, -0.25) is 4.79 Å². The van der Waals surface area contributed by atoms with E-state index in [1.54, 1.807) is 6.92 Å². The number of carbonyl (C=O) groups is 1. The van der Waals surface area contributed by atoms with Crippen LogP contribution in [0.5, 0.6) is 0 Å². The van der Waals surface area contributed by atoms with E-state index in [0.717, 1.165) is 16.3 Å². The zero-order valence-electron chi connectivity index (χ0n) is 7.13. The maximum absolute atomic E-state index is 10.9. The first kappa shape index (κ1) is 9.75. The van der Waals surface area contributed by atoms with Crippen molar-refractivity contribution in [3.8, 4) is 0 Å². The van der Waals surface area contributed by atoms with Gasteiger partial charge in [-0.15, -0.1) is 11.3 Å². The average molecular weight is 203 g/mol. The van der Waals surface area contributed by atoms with Crippen molar-refractivity contribution in [2.75, 3.05) is 0 Å². The number of halogens is 1. The van der Waals surface area contributed by atoms with Crippen molar-refractivity contribution in [3.63, 3.8) is 0 Å². The molecule has 0 saturated heterocycles. The Morgan fingerprint density at radius 2 is 2.42 bits per heavy atom. The van der Waals surface area contributed by atoms with Gasteiger partial charge in [0.05, 0.1) is 4.34 Å². The van der Waals surface area contributed by atoms with Gasteiger partial charge in [0.25, 0.3) is 0 Å². The third kappa shape index (κ3) is 2.61. The first-order chi connectivity index (χ1) is 5.59. The number of hydrogen-bond donors (Lipinski definition) is 0. The van der Waals surface area contributed by atoms with Gasteiger partial charge >= 0.3 is 0 Å². The van der Waals surface area contributed by atoms with Crippen molar-refractivity contribution in [3.05, 3.63) is 21.3 Å². The molecule has 1 aromatic rings. The number of rotatable bonds is 3. The molecule has 0 aliphatic heterocycles. The summed E-state index contributed by atoms with van der Waals surface area (Å²) in [6.45, 7) is 3.56. The van der Waals surface area contributed by atoms with Gasteiger partial charge in [0, 0.05) is 5.92 Å². The normalized spacial score (nSPS) is 12.9. The van der Waals surface area contributed by atoms with Crippen LogP contribution in [0, 0.1) is 5.92 Å². The zero-order chi connectivity index (χ0) is 9.14. The number of carbonyl (C=O) groups excluding carboxylic acids is 1. The van der Waals surface area contributed by atoms with Crippen LogP contribution in [0.1, 0.15) is 19.4 Å². The number of thiophene rings is 1. The summed E-state index contributed by atoms with van der Waals surface area (Å²) in [7, 11) is 0. The summed E-state index contributed by atoms with van der Waals surface area (Å²) in [6, 6.07) is 1.92. The monoisotopic (exact) mass is 202 g/mol. The highest BCUT2D eigenvalue weighted by molar-refractivity contribution is 7.14. The van der Waals surface area contributed by atoms with Gasteiger partial charge in [0.1, 0.15) is 5.78 Å². The van der Waals surface area contributed by atoms with Crippen LogP contribution in [0.2, 0.25) is 4.34 Å². The van der Waals surface area contributed by atoms with Crippen molar-refractivity contribution in [2.45, 2.75) is 20.3 Å². The molecule has 0 bridgehead atoms. The highest BCUT2D eigenvalue weighted by Crippen LogP contribution is 2.22. The molecule has 1 heterocycles. The minimum absolute atomic E-state index is 0.107. The van der Waals surface area contributed by atoms with Gasteiger partial charge in [0.2, 0.25) is 0 Å². The summed E-state index contributed by atoms with van der Waals surface area (Å²) in [6.07, 6.45) is 0.804. The van der Waals surface area contributed by atoms with E-state index in [2.05, 4.69) is 0 Å². The van der Waals surface area contributed by atoms with Gasteiger partial charge in [-0.25, -0.2) is 0 Å². The Bertz CT molecular complexity index is 280. The molecule has 0 aliphatic carbocycles. The Morgan fingerprint density at radius 1 is 1.75 bits per heavy atom. The molecule has 0 N–H and O–H groups in total. The van der Waals surface area contributed by atoms with Crippen LogP contribution in [0.15, 0.2) is 11.4 Å². The van der Waals surface area contributed by atoms with E-state index in [1.165, 1.54) is 11.3 Å². The topological polar surface area (TPSA) is 17.1 Å². The first-order valence-corrected chi connectivity index (χ1v) is 5.08. The molecular formula is C9H11ClOS. The molecule has 0 spiro atoms. The maximum atomic E-state index is 10.9. The summed E-state index contributed by atoms with van der Waals surface area (Å²) in [5.41, 5.74) is 1.16. The molecule has 0 aromatic carbocycles. The molecule has 3 heteroatoms. The maximum Gasteiger partial charge on any atom is 0.132 e. The van der Waals surface area contributed by atoms with Gasteiger partial charge in [-0.1, -0.05) is 18.5 Å². The lowest BCUT2D eigenvalue weighted by atomic mass is 10.0. The SMILES string of the molecule is CC(=O)C(C)Cc1csc(Cl)c1. The third-order valence-corrected chi connectivity index (χ3v) is 3.00.